The van der Waals surface area contributed by atoms with E-state index in [4.69, 9.17) is 9.15 Å². The highest BCUT2D eigenvalue weighted by Gasteiger charge is 2.16. The molecule has 0 radical (unpaired) electrons. The maximum Gasteiger partial charge on any atom is 0.336 e. The van der Waals surface area contributed by atoms with Crippen LogP contribution in [-0.2, 0) is 26.2 Å². The minimum absolute atomic E-state index is 0.0558. The van der Waals surface area contributed by atoms with E-state index in [1.165, 1.54) is 18.2 Å². The monoisotopic (exact) mass is 401 g/mol. The highest BCUT2D eigenvalue weighted by Crippen LogP contribution is 2.22. The summed E-state index contributed by atoms with van der Waals surface area (Å²) in [5.41, 5.74) is 2.33. The molecule has 2 aromatic carbocycles. The van der Waals surface area contributed by atoms with Gasteiger partial charge < -0.3 is 9.15 Å². The molecule has 0 saturated heterocycles. The number of fused-ring (bicyclic) bond motifs is 1. The maximum absolute atomic E-state index is 12.1. The van der Waals surface area contributed by atoms with E-state index in [1.807, 2.05) is 19.9 Å². The van der Waals surface area contributed by atoms with Crippen molar-refractivity contribution in [2.45, 2.75) is 25.3 Å². The Hall–Kier alpha value is -2.97. The Morgan fingerprint density at radius 2 is 1.75 bits per heavy atom. The van der Waals surface area contributed by atoms with Crippen molar-refractivity contribution in [1.82, 2.24) is 4.72 Å². The van der Waals surface area contributed by atoms with Crippen LogP contribution in [-0.4, -0.2) is 20.9 Å². The number of hydrogen-bond acceptors (Lipinski definition) is 6. The van der Waals surface area contributed by atoms with E-state index in [0.717, 1.165) is 11.1 Å². The second kappa shape index (κ2) is 7.95. The first-order valence-corrected chi connectivity index (χ1v) is 9.99. The lowest BCUT2D eigenvalue weighted by molar-refractivity contribution is -0.143. The molecule has 1 N–H and O–H groups in total. The number of nitrogens with one attached hydrogen (secondary N) is 1. The van der Waals surface area contributed by atoms with Crippen LogP contribution >= 0.6 is 0 Å². The Balaban J connectivity index is 1.70. The van der Waals surface area contributed by atoms with Crippen molar-refractivity contribution in [3.63, 3.8) is 0 Å². The first-order chi connectivity index (χ1) is 13.3. The lowest BCUT2D eigenvalue weighted by Gasteiger charge is -2.10. The minimum Gasteiger partial charge on any atom is -0.460 e. The zero-order valence-electron chi connectivity index (χ0n) is 15.4. The quantitative estimate of drug-likeness (QED) is 0.503. The van der Waals surface area contributed by atoms with Gasteiger partial charge >= 0.3 is 11.6 Å². The van der Waals surface area contributed by atoms with Crippen LogP contribution in [0, 0.1) is 13.8 Å². The van der Waals surface area contributed by atoms with E-state index in [2.05, 4.69) is 4.72 Å². The lowest BCUT2D eigenvalue weighted by atomic mass is 10.0. The van der Waals surface area contributed by atoms with Crippen molar-refractivity contribution in [3.8, 4) is 0 Å². The van der Waals surface area contributed by atoms with Gasteiger partial charge in [0.05, 0.1) is 4.90 Å². The van der Waals surface area contributed by atoms with Gasteiger partial charge in [0.2, 0.25) is 10.0 Å². The topological polar surface area (TPSA) is 103 Å². The summed E-state index contributed by atoms with van der Waals surface area (Å²) in [6.07, 6.45) is 0. The number of carbonyl (C=O) groups is 1. The zero-order valence-corrected chi connectivity index (χ0v) is 16.2. The van der Waals surface area contributed by atoms with Crippen LogP contribution in [0.3, 0.4) is 0 Å². The fourth-order valence-corrected chi connectivity index (χ4v) is 3.64. The van der Waals surface area contributed by atoms with Crippen molar-refractivity contribution in [2.24, 2.45) is 0 Å². The molecule has 3 aromatic rings. The largest absolute Gasteiger partial charge is 0.460 e. The molecular formula is C20H19NO6S. The zero-order chi connectivity index (χ0) is 20.3. The number of sulfonamides is 1. The fraction of sp³-hybridized carbons (Fsp3) is 0.200. The molecule has 0 aliphatic heterocycles. The predicted molar refractivity (Wildman–Crippen MR) is 103 cm³/mol. The number of benzene rings is 2. The van der Waals surface area contributed by atoms with Crippen LogP contribution in [0.5, 0.6) is 0 Å². The second-order valence-electron chi connectivity index (χ2n) is 6.32. The molecule has 0 spiro atoms. The lowest BCUT2D eigenvalue weighted by Crippen LogP contribution is -2.30. The van der Waals surface area contributed by atoms with Gasteiger partial charge in [0.1, 0.15) is 18.7 Å². The Morgan fingerprint density at radius 3 is 2.46 bits per heavy atom. The van der Waals surface area contributed by atoms with E-state index >= 15 is 0 Å². The van der Waals surface area contributed by atoms with Gasteiger partial charge in [-0.3, -0.25) is 4.79 Å². The summed E-state index contributed by atoms with van der Waals surface area (Å²) in [6, 6.07) is 12.6. The molecule has 0 unspecified atom stereocenters. The van der Waals surface area contributed by atoms with Crippen LogP contribution in [0.15, 0.2) is 62.6 Å². The summed E-state index contributed by atoms with van der Waals surface area (Å²) in [5.74, 6) is -0.760. The average Bonchev–Trinajstić information content (AvgIpc) is 2.66. The van der Waals surface area contributed by atoms with Crippen molar-refractivity contribution in [3.05, 3.63) is 75.6 Å². The molecule has 146 valence electrons. The van der Waals surface area contributed by atoms with E-state index < -0.39 is 28.2 Å². The third kappa shape index (κ3) is 4.47. The van der Waals surface area contributed by atoms with Gasteiger partial charge in [0.25, 0.3) is 0 Å². The SMILES string of the molecule is Cc1cc2oc(=O)cc(COC(=O)CNS(=O)(=O)c3ccccc3)c2cc1C. The molecule has 0 aliphatic rings. The number of esters is 1. The number of hydrogen-bond donors (Lipinski definition) is 1. The standard InChI is InChI=1S/C20H19NO6S/c1-13-8-17-15(10-19(22)27-18(17)9-14(13)2)12-26-20(23)11-21-28(24,25)16-6-4-3-5-7-16/h3-10,21H,11-12H2,1-2H3. The van der Waals surface area contributed by atoms with Gasteiger partial charge in [-0.2, -0.15) is 4.72 Å². The van der Waals surface area contributed by atoms with Crippen LogP contribution in [0.1, 0.15) is 16.7 Å². The average molecular weight is 401 g/mol. The van der Waals surface area contributed by atoms with Gasteiger partial charge in [-0.15, -0.1) is 0 Å². The summed E-state index contributed by atoms with van der Waals surface area (Å²) in [5, 5.41) is 0.667. The van der Waals surface area contributed by atoms with Gasteiger partial charge in [0, 0.05) is 17.0 Å². The Labute approximate surface area is 162 Å². The smallest absolute Gasteiger partial charge is 0.336 e. The molecule has 0 amide bonds. The number of aryl methyl sites for hydroxylation is 2. The van der Waals surface area contributed by atoms with E-state index in [9.17, 15) is 18.0 Å². The molecule has 28 heavy (non-hydrogen) atoms. The summed E-state index contributed by atoms with van der Waals surface area (Å²) < 4.78 is 36.8. The highest BCUT2D eigenvalue weighted by atomic mass is 32.2. The Morgan fingerprint density at radius 1 is 1.07 bits per heavy atom. The van der Waals surface area contributed by atoms with Crippen molar-refractivity contribution >= 4 is 27.0 Å². The number of rotatable bonds is 6. The third-order valence-corrected chi connectivity index (χ3v) is 5.71. The van der Waals surface area contributed by atoms with Gasteiger partial charge in [-0.05, 0) is 49.2 Å². The third-order valence-electron chi connectivity index (χ3n) is 4.29. The maximum atomic E-state index is 12.1. The molecule has 7 nitrogen and oxygen atoms in total. The fourth-order valence-electron chi connectivity index (χ4n) is 2.65. The van der Waals surface area contributed by atoms with E-state index in [0.29, 0.717) is 16.5 Å². The van der Waals surface area contributed by atoms with Gasteiger partial charge in [-0.1, -0.05) is 18.2 Å². The van der Waals surface area contributed by atoms with E-state index in [1.54, 1.807) is 24.3 Å². The highest BCUT2D eigenvalue weighted by molar-refractivity contribution is 7.89. The normalized spacial score (nSPS) is 11.5. The second-order valence-corrected chi connectivity index (χ2v) is 8.09. The van der Waals surface area contributed by atoms with Crippen molar-refractivity contribution < 1.29 is 22.4 Å². The number of ether oxygens (including phenoxy) is 1. The molecule has 3 rings (SSSR count). The van der Waals surface area contributed by atoms with Crippen LogP contribution < -0.4 is 10.3 Å². The number of carbonyl (C=O) groups excluding carboxylic acids is 1. The minimum atomic E-state index is -3.81. The molecule has 0 aliphatic carbocycles. The Kier molecular flexibility index (Phi) is 5.62. The molecule has 1 aromatic heterocycles. The molecule has 8 heteroatoms. The first kappa shape index (κ1) is 19.8. The molecule has 0 saturated carbocycles. The summed E-state index contributed by atoms with van der Waals surface area (Å²) >= 11 is 0. The predicted octanol–water partition coefficient (Wildman–Crippen LogP) is 2.43. The molecular weight excluding hydrogens is 382 g/mol. The summed E-state index contributed by atoms with van der Waals surface area (Å²) in [7, 11) is -3.81. The van der Waals surface area contributed by atoms with Crippen molar-refractivity contribution in [2.75, 3.05) is 6.54 Å². The first-order valence-electron chi connectivity index (χ1n) is 8.50. The summed E-state index contributed by atoms with van der Waals surface area (Å²) in [6.45, 7) is 3.14. The van der Waals surface area contributed by atoms with E-state index in [-0.39, 0.29) is 11.5 Å². The van der Waals surface area contributed by atoms with Crippen molar-refractivity contribution in [1.29, 1.82) is 0 Å². The molecule has 1 heterocycles. The Bertz CT molecular complexity index is 1180. The molecule has 0 fully saturated rings. The summed E-state index contributed by atoms with van der Waals surface area (Å²) in [4.78, 5) is 23.8. The molecule has 0 bridgehead atoms. The van der Waals surface area contributed by atoms with Gasteiger partial charge in [0.15, 0.2) is 0 Å². The van der Waals surface area contributed by atoms with Crippen LogP contribution in [0.4, 0.5) is 0 Å². The van der Waals surface area contributed by atoms with Crippen LogP contribution in [0.2, 0.25) is 0 Å². The van der Waals surface area contributed by atoms with Crippen LogP contribution in [0.25, 0.3) is 11.0 Å². The van der Waals surface area contributed by atoms with Gasteiger partial charge in [-0.25, -0.2) is 13.2 Å². The molecule has 0 atom stereocenters.